The van der Waals surface area contributed by atoms with Crippen molar-refractivity contribution in [3.63, 3.8) is 0 Å². The molecule has 0 aliphatic heterocycles. The molecule has 1 aromatic carbocycles. The number of carbonyl (C=O) groups excluding carboxylic acids is 1. The number of rotatable bonds is 2. The molecule has 1 amide bonds. The summed E-state index contributed by atoms with van der Waals surface area (Å²) in [5, 5.41) is 4.63. The molecule has 0 saturated carbocycles. The van der Waals surface area contributed by atoms with Crippen molar-refractivity contribution in [2.24, 2.45) is 0 Å². The fourth-order valence-corrected chi connectivity index (χ4v) is 1.30. The SMILES string of the molecule is O=CNc1cncc2ccccc12. The molecule has 3 nitrogen and oxygen atoms in total. The van der Waals surface area contributed by atoms with Crippen LogP contribution in [0.1, 0.15) is 0 Å². The Bertz CT molecular complexity index is 434. The number of aromatic nitrogens is 1. The second kappa shape index (κ2) is 3.23. The minimum Gasteiger partial charge on any atom is -0.327 e. The average molecular weight is 172 g/mol. The smallest absolute Gasteiger partial charge is 0.211 e. The van der Waals surface area contributed by atoms with Crippen LogP contribution in [0.3, 0.4) is 0 Å². The van der Waals surface area contributed by atoms with E-state index in [1.165, 1.54) is 0 Å². The Kier molecular flexibility index (Phi) is 1.92. The average Bonchev–Trinajstić information content (AvgIpc) is 2.19. The molecule has 0 unspecified atom stereocenters. The maximum atomic E-state index is 10.3. The summed E-state index contributed by atoms with van der Waals surface area (Å²) in [6, 6.07) is 7.77. The van der Waals surface area contributed by atoms with Gasteiger partial charge >= 0.3 is 0 Å². The van der Waals surface area contributed by atoms with E-state index in [0.29, 0.717) is 6.41 Å². The first kappa shape index (κ1) is 7.73. The third kappa shape index (κ3) is 1.36. The van der Waals surface area contributed by atoms with Crippen LogP contribution in [0.25, 0.3) is 10.8 Å². The number of fused-ring (bicyclic) bond motifs is 1. The highest BCUT2D eigenvalue weighted by Crippen LogP contribution is 2.20. The fourth-order valence-electron chi connectivity index (χ4n) is 1.30. The molecule has 1 aromatic heterocycles. The van der Waals surface area contributed by atoms with Crippen LogP contribution in [0.2, 0.25) is 0 Å². The highest BCUT2D eigenvalue weighted by Gasteiger charge is 1.97. The molecule has 0 spiro atoms. The van der Waals surface area contributed by atoms with Gasteiger partial charge in [0.1, 0.15) is 0 Å². The van der Waals surface area contributed by atoms with E-state index >= 15 is 0 Å². The van der Waals surface area contributed by atoms with Crippen LogP contribution in [0, 0.1) is 0 Å². The van der Waals surface area contributed by atoms with Gasteiger partial charge in [-0.05, 0) is 0 Å². The summed E-state index contributed by atoms with van der Waals surface area (Å²) < 4.78 is 0. The van der Waals surface area contributed by atoms with Crippen LogP contribution in [0.5, 0.6) is 0 Å². The molecule has 0 aliphatic rings. The number of amides is 1. The quantitative estimate of drug-likeness (QED) is 0.702. The van der Waals surface area contributed by atoms with Gasteiger partial charge in [-0.2, -0.15) is 0 Å². The lowest BCUT2D eigenvalue weighted by atomic mass is 10.1. The summed E-state index contributed by atoms with van der Waals surface area (Å²) in [7, 11) is 0. The van der Waals surface area contributed by atoms with Gasteiger partial charge in [-0.15, -0.1) is 0 Å². The van der Waals surface area contributed by atoms with Gasteiger partial charge in [-0.1, -0.05) is 24.3 Å². The second-order valence-corrected chi connectivity index (χ2v) is 2.67. The Morgan fingerprint density at radius 3 is 2.92 bits per heavy atom. The molecule has 1 heterocycles. The summed E-state index contributed by atoms with van der Waals surface area (Å²) in [5.74, 6) is 0. The third-order valence-corrected chi connectivity index (χ3v) is 1.88. The topological polar surface area (TPSA) is 42.0 Å². The Hall–Kier alpha value is -1.90. The highest BCUT2D eigenvalue weighted by molar-refractivity contribution is 5.96. The van der Waals surface area contributed by atoms with Gasteiger partial charge in [0.15, 0.2) is 0 Å². The van der Waals surface area contributed by atoms with Gasteiger partial charge in [0.05, 0.1) is 11.9 Å². The second-order valence-electron chi connectivity index (χ2n) is 2.67. The minimum atomic E-state index is 0.656. The monoisotopic (exact) mass is 172 g/mol. The number of anilines is 1. The molecule has 2 rings (SSSR count). The molecule has 2 aromatic rings. The zero-order valence-electron chi connectivity index (χ0n) is 6.90. The van der Waals surface area contributed by atoms with Gasteiger partial charge in [0.25, 0.3) is 0 Å². The first-order valence-electron chi connectivity index (χ1n) is 3.95. The summed E-state index contributed by atoms with van der Waals surface area (Å²) >= 11 is 0. The number of hydrogen-bond donors (Lipinski definition) is 1. The Morgan fingerprint density at radius 2 is 2.08 bits per heavy atom. The van der Waals surface area contributed by atoms with Crippen molar-refractivity contribution in [3.05, 3.63) is 36.7 Å². The largest absolute Gasteiger partial charge is 0.327 e. The lowest BCUT2D eigenvalue weighted by Gasteiger charge is -2.02. The van der Waals surface area contributed by atoms with E-state index in [0.717, 1.165) is 16.5 Å². The summed E-state index contributed by atoms with van der Waals surface area (Å²) in [6.07, 6.45) is 4.06. The van der Waals surface area contributed by atoms with Crippen molar-refractivity contribution in [3.8, 4) is 0 Å². The molecule has 3 heteroatoms. The van der Waals surface area contributed by atoms with Gasteiger partial charge < -0.3 is 5.32 Å². The molecule has 13 heavy (non-hydrogen) atoms. The standard InChI is InChI=1S/C10H8N2O/c13-7-12-10-6-11-5-8-3-1-2-4-9(8)10/h1-7H,(H,12,13). The molecular formula is C10H8N2O. The molecule has 1 N–H and O–H groups in total. The zero-order chi connectivity index (χ0) is 9.10. The normalized spacial score (nSPS) is 9.85. The van der Waals surface area contributed by atoms with E-state index in [1.807, 2.05) is 24.3 Å². The van der Waals surface area contributed by atoms with Gasteiger partial charge in [0, 0.05) is 17.0 Å². The Morgan fingerprint density at radius 1 is 1.23 bits per heavy atom. The molecule has 0 saturated heterocycles. The van der Waals surface area contributed by atoms with Gasteiger partial charge in [-0.3, -0.25) is 9.78 Å². The zero-order valence-corrected chi connectivity index (χ0v) is 6.90. The summed E-state index contributed by atoms with van der Waals surface area (Å²) in [4.78, 5) is 14.3. The minimum absolute atomic E-state index is 0.656. The van der Waals surface area contributed by atoms with Crippen LogP contribution in [-0.4, -0.2) is 11.4 Å². The highest BCUT2D eigenvalue weighted by atomic mass is 16.1. The number of benzene rings is 1. The van der Waals surface area contributed by atoms with Crippen LogP contribution in [-0.2, 0) is 4.79 Å². The van der Waals surface area contributed by atoms with E-state index in [9.17, 15) is 4.79 Å². The van der Waals surface area contributed by atoms with Crippen molar-refractivity contribution < 1.29 is 4.79 Å². The van der Waals surface area contributed by atoms with Gasteiger partial charge in [-0.25, -0.2) is 0 Å². The molecule has 0 fully saturated rings. The van der Waals surface area contributed by atoms with Crippen LogP contribution in [0.4, 0.5) is 5.69 Å². The maximum Gasteiger partial charge on any atom is 0.211 e. The van der Waals surface area contributed by atoms with E-state index in [-0.39, 0.29) is 0 Å². The number of nitrogens with one attached hydrogen (secondary N) is 1. The van der Waals surface area contributed by atoms with E-state index in [2.05, 4.69) is 10.3 Å². The van der Waals surface area contributed by atoms with Gasteiger partial charge in [0.2, 0.25) is 6.41 Å². The molecule has 0 bridgehead atoms. The first-order valence-corrected chi connectivity index (χ1v) is 3.95. The maximum absolute atomic E-state index is 10.3. The van der Waals surface area contributed by atoms with Crippen molar-refractivity contribution >= 4 is 22.9 Å². The number of carbonyl (C=O) groups is 1. The van der Waals surface area contributed by atoms with E-state index in [4.69, 9.17) is 0 Å². The first-order chi connectivity index (χ1) is 6.42. The fraction of sp³-hybridized carbons (Fsp3) is 0. The molecule has 64 valence electrons. The summed E-state index contributed by atoms with van der Waals surface area (Å²) in [6.45, 7) is 0. The predicted octanol–water partition coefficient (Wildman–Crippen LogP) is 1.80. The van der Waals surface area contributed by atoms with E-state index in [1.54, 1.807) is 12.4 Å². The lowest BCUT2D eigenvalue weighted by molar-refractivity contribution is -0.105. The lowest BCUT2D eigenvalue weighted by Crippen LogP contribution is -1.94. The van der Waals surface area contributed by atoms with Crippen molar-refractivity contribution in [2.75, 3.05) is 5.32 Å². The molecular weight excluding hydrogens is 164 g/mol. The number of hydrogen-bond acceptors (Lipinski definition) is 2. The Labute approximate surface area is 75.4 Å². The number of nitrogens with zero attached hydrogens (tertiary/aromatic N) is 1. The molecule has 0 aliphatic carbocycles. The van der Waals surface area contributed by atoms with Crippen molar-refractivity contribution in [2.45, 2.75) is 0 Å². The van der Waals surface area contributed by atoms with Crippen molar-refractivity contribution in [1.29, 1.82) is 0 Å². The summed E-state index contributed by atoms with van der Waals surface area (Å²) in [5.41, 5.74) is 0.744. The molecule has 0 radical (unpaired) electrons. The number of pyridine rings is 1. The third-order valence-electron chi connectivity index (χ3n) is 1.88. The molecule has 0 atom stereocenters. The van der Waals surface area contributed by atoms with Crippen molar-refractivity contribution in [1.82, 2.24) is 4.98 Å². The Balaban J connectivity index is 2.68. The van der Waals surface area contributed by atoms with Crippen LogP contribution < -0.4 is 5.32 Å². The van der Waals surface area contributed by atoms with Crippen LogP contribution >= 0.6 is 0 Å². The van der Waals surface area contributed by atoms with Crippen LogP contribution in [0.15, 0.2) is 36.7 Å². The predicted molar refractivity (Wildman–Crippen MR) is 51.4 cm³/mol. The van der Waals surface area contributed by atoms with E-state index < -0.39 is 0 Å².